The summed E-state index contributed by atoms with van der Waals surface area (Å²) in [6.07, 6.45) is 1.83. The number of ether oxygens (including phenoxy) is 1. The summed E-state index contributed by atoms with van der Waals surface area (Å²) in [5.74, 6) is 0.705. The second-order valence-electron chi connectivity index (χ2n) is 8.77. The van der Waals surface area contributed by atoms with Crippen LogP contribution in [0.1, 0.15) is 32.3 Å². The lowest BCUT2D eigenvalue weighted by Crippen LogP contribution is -2.32. The molecule has 0 radical (unpaired) electrons. The number of Topliss-reactive ketones (excluding diaryl/α,β-unsaturated/α-hetero) is 1. The molecule has 2 nitrogen and oxygen atoms in total. The van der Waals surface area contributed by atoms with E-state index in [9.17, 15) is 4.79 Å². The Morgan fingerprint density at radius 1 is 1.17 bits per heavy atom. The number of hydrogen-bond donors (Lipinski definition) is 0. The van der Waals surface area contributed by atoms with Gasteiger partial charge in [0.1, 0.15) is 0 Å². The summed E-state index contributed by atoms with van der Waals surface area (Å²) >= 11 is 0. The molecule has 0 bridgehead atoms. The zero-order valence-electron chi connectivity index (χ0n) is 15.0. The number of fused-ring (bicyclic) bond motifs is 1. The number of carbonyl (C=O) groups excluding carboxylic acids is 1. The minimum Gasteiger partial charge on any atom is -0.372 e. The van der Waals surface area contributed by atoms with Gasteiger partial charge in [0, 0.05) is 12.3 Å². The zero-order chi connectivity index (χ0) is 16.8. The first-order chi connectivity index (χ1) is 10.7. The fraction of sp³-hybridized carbons (Fsp3) is 0.550. The van der Waals surface area contributed by atoms with Crippen molar-refractivity contribution in [2.24, 2.45) is 11.3 Å². The topological polar surface area (TPSA) is 26.3 Å². The van der Waals surface area contributed by atoms with Crippen molar-refractivity contribution in [3.63, 3.8) is 0 Å². The summed E-state index contributed by atoms with van der Waals surface area (Å²) in [6.45, 7) is 12.1. The first-order valence-electron chi connectivity index (χ1n) is 8.62. The fourth-order valence-corrected chi connectivity index (χ4v) is 6.61. The van der Waals surface area contributed by atoms with Crippen LogP contribution in [0.3, 0.4) is 0 Å². The molecule has 2 aliphatic rings. The molecule has 1 aromatic rings. The van der Waals surface area contributed by atoms with Gasteiger partial charge in [-0.3, -0.25) is 4.79 Å². The molecule has 0 amide bonds. The Kier molecular flexibility index (Phi) is 4.14. The number of rotatable bonds is 4. The van der Waals surface area contributed by atoms with Crippen LogP contribution in [0.5, 0.6) is 0 Å². The van der Waals surface area contributed by atoms with Crippen LogP contribution in [-0.2, 0) is 16.1 Å². The van der Waals surface area contributed by atoms with Crippen LogP contribution in [0.15, 0.2) is 41.1 Å². The monoisotopic (exact) mass is 328 g/mol. The molecule has 124 valence electrons. The van der Waals surface area contributed by atoms with Crippen LogP contribution >= 0.6 is 0 Å². The highest BCUT2D eigenvalue weighted by Crippen LogP contribution is 2.54. The van der Waals surface area contributed by atoms with Gasteiger partial charge in [0.05, 0.1) is 20.8 Å². The summed E-state index contributed by atoms with van der Waals surface area (Å²) in [5, 5.41) is 1.21. The molecule has 3 rings (SSSR count). The van der Waals surface area contributed by atoms with Crippen molar-refractivity contribution < 1.29 is 9.53 Å². The normalized spacial score (nSPS) is 26.7. The molecule has 2 aliphatic carbocycles. The average Bonchev–Trinajstić information content (AvgIpc) is 2.86. The van der Waals surface area contributed by atoms with Crippen molar-refractivity contribution in [2.45, 2.75) is 59.0 Å². The molecule has 3 heteroatoms. The molecular formula is C20H28O2Si. The van der Waals surface area contributed by atoms with Gasteiger partial charge in [-0.15, -0.1) is 0 Å². The van der Waals surface area contributed by atoms with E-state index in [1.165, 1.54) is 16.3 Å². The van der Waals surface area contributed by atoms with Gasteiger partial charge in [-0.05, 0) is 22.6 Å². The fourth-order valence-electron chi connectivity index (χ4n) is 4.44. The Bertz CT molecular complexity index is 637. The number of benzene rings is 1. The second-order valence-corrected chi connectivity index (χ2v) is 13.8. The summed E-state index contributed by atoms with van der Waals surface area (Å²) in [5.41, 5.74) is 2.74. The Morgan fingerprint density at radius 2 is 1.83 bits per heavy atom. The smallest absolute Gasteiger partial charge is 0.155 e. The van der Waals surface area contributed by atoms with E-state index in [-0.39, 0.29) is 11.5 Å². The molecule has 1 saturated carbocycles. The third kappa shape index (κ3) is 3.09. The second kappa shape index (κ2) is 5.71. The van der Waals surface area contributed by atoms with Gasteiger partial charge in [0.25, 0.3) is 0 Å². The van der Waals surface area contributed by atoms with Crippen molar-refractivity contribution >= 4 is 13.9 Å². The van der Waals surface area contributed by atoms with Crippen LogP contribution in [0.4, 0.5) is 0 Å². The van der Waals surface area contributed by atoms with Crippen molar-refractivity contribution in [1.82, 2.24) is 0 Å². The van der Waals surface area contributed by atoms with E-state index in [1.807, 2.05) is 18.2 Å². The van der Waals surface area contributed by atoms with E-state index in [1.54, 1.807) is 0 Å². The molecular weight excluding hydrogens is 300 g/mol. The minimum atomic E-state index is -1.58. The molecule has 0 saturated heterocycles. The maximum atomic E-state index is 12.6. The summed E-state index contributed by atoms with van der Waals surface area (Å²) in [4.78, 5) is 12.6. The zero-order valence-corrected chi connectivity index (χ0v) is 16.0. The molecule has 0 aromatic heterocycles. The predicted octanol–water partition coefficient (Wildman–Crippen LogP) is 4.76. The molecule has 0 aliphatic heterocycles. The summed E-state index contributed by atoms with van der Waals surface area (Å²) < 4.78 is 6.36. The number of carbonyl (C=O) groups is 1. The highest BCUT2D eigenvalue weighted by Gasteiger charge is 2.52. The molecule has 1 fully saturated rings. The molecule has 2 atom stereocenters. The number of hydrogen-bond acceptors (Lipinski definition) is 2. The molecule has 0 spiro atoms. The molecule has 0 heterocycles. The third-order valence-corrected chi connectivity index (χ3v) is 7.36. The molecule has 0 unspecified atom stereocenters. The first-order valence-corrected chi connectivity index (χ1v) is 12.1. The van der Waals surface area contributed by atoms with Gasteiger partial charge >= 0.3 is 0 Å². The maximum Gasteiger partial charge on any atom is 0.155 e. The predicted molar refractivity (Wildman–Crippen MR) is 96.9 cm³/mol. The van der Waals surface area contributed by atoms with Gasteiger partial charge in [-0.2, -0.15) is 0 Å². The van der Waals surface area contributed by atoms with Gasteiger partial charge in [0.2, 0.25) is 0 Å². The van der Waals surface area contributed by atoms with E-state index in [4.69, 9.17) is 4.74 Å². The first kappa shape index (κ1) is 16.7. The maximum absolute atomic E-state index is 12.6. The lowest BCUT2D eigenvalue weighted by molar-refractivity contribution is -0.116. The highest BCUT2D eigenvalue weighted by atomic mass is 28.3. The number of allylic oxidation sites excluding steroid dienone is 1. The quantitative estimate of drug-likeness (QED) is 0.745. The Hall–Kier alpha value is -1.19. The van der Waals surface area contributed by atoms with Crippen molar-refractivity contribution in [2.75, 3.05) is 0 Å². The average molecular weight is 329 g/mol. The van der Waals surface area contributed by atoms with Crippen LogP contribution < -0.4 is 0 Å². The largest absolute Gasteiger partial charge is 0.372 e. The standard InChI is InChI=1S/C20H28O2Si/c1-20(2)12-16-15(11-17(21)18(16)23(3,4)5)19(20)22-13-14-9-7-6-8-10-14/h6-10,15,19H,11-13H2,1-5H3/t15-,19+/m0/s1. The van der Waals surface area contributed by atoms with Gasteiger partial charge < -0.3 is 4.74 Å². The van der Waals surface area contributed by atoms with E-state index in [0.717, 1.165) is 6.42 Å². The Morgan fingerprint density at radius 3 is 2.43 bits per heavy atom. The van der Waals surface area contributed by atoms with Crippen molar-refractivity contribution in [1.29, 1.82) is 0 Å². The van der Waals surface area contributed by atoms with Crippen molar-refractivity contribution in [3.05, 3.63) is 46.7 Å². The van der Waals surface area contributed by atoms with Gasteiger partial charge in [0.15, 0.2) is 5.78 Å². The summed E-state index contributed by atoms with van der Waals surface area (Å²) in [6, 6.07) is 10.3. The van der Waals surface area contributed by atoms with Gasteiger partial charge in [-0.1, -0.05) is 69.4 Å². The Balaban J connectivity index is 1.85. The van der Waals surface area contributed by atoms with E-state index < -0.39 is 8.07 Å². The third-order valence-electron chi connectivity index (χ3n) is 5.26. The Labute approximate surface area is 140 Å². The summed E-state index contributed by atoms with van der Waals surface area (Å²) in [7, 11) is -1.58. The minimum absolute atomic E-state index is 0.111. The molecule has 23 heavy (non-hydrogen) atoms. The van der Waals surface area contributed by atoms with Crippen LogP contribution in [-0.4, -0.2) is 20.0 Å². The lowest BCUT2D eigenvalue weighted by atomic mass is 9.86. The van der Waals surface area contributed by atoms with Crippen LogP contribution in [0.2, 0.25) is 19.6 Å². The highest BCUT2D eigenvalue weighted by molar-refractivity contribution is 6.87. The molecule has 0 N–H and O–H groups in total. The van der Waals surface area contributed by atoms with Crippen LogP contribution in [0, 0.1) is 11.3 Å². The van der Waals surface area contributed by atoms with Crippen LogP contribution in [0.25, 0.3) is 0 Å². The van der Waals surface area contributed by atoms with E-state index in [2.05, 4.69) is 45.6 Å². The van der Waals surface area contributed by atoms with Crippen molar-refractivity contribution in [3.8, 4) is 0 Å². The lowest BCUT2D eigenvalue weighted by Gasteiger charge is -2.30. The SMILES string of the molecule is CC1(C)CC2=C([Si](C)(C)C)C(=O)C[C@@H]2[C@H]1OCc1ccccc1. The number of ketones is 1. The van der Waals surface area contributed by atoms with E-state index >= 15 is 0 Å². The molecule has 1 aromatic carbocycles. The van der Waals surface area contributed by atoms with Gasteiger partial charge in [-0.25, -0.2) is 0 Å². The van der Waals surface area contributed by atoms with E-state index in [0.29, 0.717) is 24.7 Å².